The third-order valence-corrected chi connectivity index (χ3v) is 14.7. The quantitative estimate of drug-likeness (QED) is 0.0195. The number of esters is 2. The first-order chi connectivity index (χ1) is 39.6. The second-order valence-electron chi connectivity index (χ2n) is 23.7. The molecule has 0 saturated heterocycles. The van der Waals surface area contributed by atoms with Crippen molar-refractivity contribution in [2.75, 3.05) is 47.5 Å². The van der Waals surface area contributed by atoms with Crippen LogP contribution in [0.4, 0.5) is 0 Å². The van der Waals surface area contributed by atoms with Crippen molar-refractivity contribution in [3.05, 3.63) is 85.1 Å². The van der Waals surface area contributed by atoms with E-state index < -0.39 is 24.3 Å². The van der Waals surface area contributed by atoms with Gasteiger partial charge >= 0.3 is 11.9 Å². The van der Waals surface area contributed by atoms with Gasteiger partial charge in [0.15, 0.2) is 12.4 Å². The second-order valence-corrected chi connectivity index (χ2v) is 23.7. The number of nitrogens with zero attached hydrogens (tertiary/aromatic N) is 1. The van der Waals surface area contributed by atoms with Gasteiger partial charge in [-0.15, -0.1) is 0 Å². The highest BCUT2D eigenvalue weighted by atomic mass is 16.7. The minimum Gasteiger partial charge on any atom is -0.545 e. The summed E-state index contributed by atoms with van der Waals surface area (Å²) in [4.78, 5) is 37.4. The van der Waals surface area contributed by atoms with Crippen molar-refractivity contribution in [2.24, 2.45) is 0 Å². The third kappa shape index (κ3) is 63.9. The Kier molecular flexibility index (Phi) is 59.8. The van der Waals surface area contributed by atoms with E-state index in [-0.39, 0.29) is 38.6 Å². The summed E-state index contributed by atoms with van der Waals surface area (Å²) in [6.45, 7) is 4.63. The maximum atomic E-state index is 12.9. The Hall–Kier alpha value is -3.53. The zero-order valence-corrected chi connectivity index (χ0v) is 53.4. The van der Waals surface area contributed by atoms with Crippen molar-refractivity contribution in [1.82, 2.24) is 0 Å². The van der Waals surface area contributed by atoms with Crippen LogP contribution in [-0.4, -0.2) is 82.3 Å². The number of hydrogen-bond donors (Lipinski definition) is 0. The molecule has 0 N–H and O–H groups in total. The Morgan fingerprint density at radius 3 is 1.05 bits per heavy atom. The van der Waals surface area contributed by atoms with E-state index in [0.29, 0.717) is 17.4 Å². The van der Waals surface area contributed by atoms with Crippen LogP contribution in [0.5, 0.6) is 0 Å². The maximum Gasteiger partial charge on any atom is 0.306 e. The van der Waals surface area contributed by atoms with Gasteiger partial charge in [-0.2, -0.15) is 0 Å². The molecule has 0 radical (unpaired) electrons. The number of aliphatic carboxylic acids is 1. The second kappa shape index (κ2) is 62.5. The summed E-state index contributed by atoms with van der Waals surface area (Å²) in [5.41, 5.74) is 0. The number of hydrogen-bond acceptors (Lipinski definition) is 8. The monoisotopic (exact) mass is 1130 g/mol. The first kappa shape index (κ1) is 77.5. The van der Waals surface area contributed by atoms with Crippen LogP contribution in [0.1, 0.15) is 296 Å². The van der Waals surface area contributed by atoms with Gasteiger partial charge in [-0.05, 0) is 70.6 Å². The van der Waals surface area contributed by atoms with E-state index in [1.54, 1.807) is 0 Å². The van der Waals surface area contributed by atoms with Crippen LogP contribution in [0.25, 0.3) is 0 Å². The molecule has 9 heteroatoms. The summed E-state index contributed by atoms with van der Waals surface area (Å²) in [5, 5.41) is 11.8. The Morgan fingerprint density at radius 2 is 0.704 bits per heavy atom. The van der Waals surface area contributed by atoms with Crippen LogP contribution in [0.2, 0.25) is 0 Å². The van der Waals surface area contributed by atoms with Gasteiger partial charge < -0.3 is 33.3 Å². The highest BCUT2D eigenvalue weighted by molar-refractivity contribution is 5.70. The predicted octanol–water partition coefficient (Wildman–Crippen LogP) is 19.4. The fourth-order valence-corrected chi connectivity index (χ4v) is 9.52. The van der Waals surface area contributed by atoms with Crippen molar-refractivity contribution in [2.45, 2.75) is 309 Å². The number of ether oxygens (including phenoxy) is 4. The van der Waals surface area contributed by atoms with Crippen molar-refractivity contribution in [3.63, 3.8) is 0 Å². The molecule has 0 spiro atoms. The van der Waals surface area contributed by atoms with Crippen LogP contribution in [0.3, 0.4) is 0 Å². The molecular formula is C72H127NO8. The fraction of sp³-hybridized carbons (Fsp3) is 0.764. The maximum absolute atomic E-state index is 12.9. The minimum atomic E-state index is -1.64. The molecule has 0 aliphatic heterocycles. The van der Waals surface area contributed by atoms with E-state index in [2.05, 4.69) is 98.9 Å². The van der Waals surface area contributed by atoms with Gasteiger partial charge in [0.05, 0.1) is 40.3 Å². The normalized spacial score (nSPS) is 13.2. The summed E-state index contributed by atoms with van der Waals surface area (Å²) in [7, 11) is 5.92. The Bertz CT molecular complexity index is 1600. The van der Waals surface area contributed by atoms with Gasteiger partial charge in [0, 0.05) is 12.8 Å². The molecule has 0 aromatic rings. The third-order valence-electron chi connectivity index (χ3n) is 14.7. The number of likely N-dealkylation sites (N-methyl/N-ethyl adjacent to an activating group) is 1. The highest BCUT2D eigenvalue weighted by Gasteiger charge is 2.22. The Morgan fingerprint density at radius 1 is 0.383 bits per heavy atom. The van der Waals surface area contributed by atoms with Gasteiger partial charge in [-0.25, -0.2) is 0 Å². The molecule has 0 amide bonds. The van der Waals surface area contributed by atoms with Crippen LogP contribution in [0, 0.1) is 0 Å². The van der Waals surface area contributed by atoms with Gasteiger partial charge in [0.1, 0.15) is 13.2 Å². The molecule has 0 aromatic carbocycles. The van der Waals surface area contributed by atoms with Crippen molar-refractivity contribution < 1.29 is 42.9 Å². The standard InChI is InChI=1S/C72H127NO8/c1-6-8-10-12-14-16-18-20-22-24-26-28-30-32-33-34-35-36-37-39-40-42-44-46-48-50-52-54-56-58-60-62-69(74)79-66-68(67-80-72(71(76)77)78-65-64-73(3,4)5)81-70(75)63-61-59-57-55-53-51-49-47-45-43-41-38-31-29-27-25-23-21-19-17-15-13-11-9-7-2/h9,11,15,17,21,23,27,29,38,41,45,47,51,53,68,72H,6-8,10,12-14,16,18-20,22,24-26,28,30-37,39-40,42-44,46,48-50,52,54-67H2,1-5H3/b11-9-,17-15-,23-21-,29-27-,41-38-,47-45-,53-51-. The lowest BCUT2D eigenvalue weighted by Gasteiger charge is -2.26. The SMILES string of the molecule is CC/C=C\C/C=C\C/C=C\C/C=C\C/C=C\C/C=C\C/C=C\CCCCCC(=O)OC(COC(=O)CCCCCCCCCCCCCCCCCCCCCCCCCCCCCCCCC)COC(OCC[N+](C)(C)C)C(=O)[O-]. The van der Waals surface area contributed by atoms with Crippen LogP contribution < -0.4 is 5.11 Å². The van der Waals surface area contributed by atoms with Gasteiger partial charge in [-0.3, -0.25) is 9.59 Å². The van der Waals surface area contributed by atoms with E-state index in [4.69, 9.17) is 18.9 Å². The largest absolute Gasteiger partial charge is 0.545 e. The number of carbonyl (C=O) groups is 3. The fourth-order valence-electron chi connectivity index (χ4n) is 9.52. The van der Waals surface area contributed by atoms with Crippen molar-refractivity contribution in [1.29, 1.82) is 0 Å². The van der Waals surface area contributed by atoms with Crippen molar-refractivity contribution in [3.8, 4) is 0 Å². The van der Waals surface area contributed by atoms with Gasteiger partial charge in [-0.1, -0.05) is 298 Å². The van der Waals surface area contributed by atoms with Crippen molar-refractivity contribution >= 4 is 17.9 Å². The molecule has 2 unspecified atom stereocenters. The molecule has 0 aliphatic carbocycles. The number of carboxylic acids is 1. The number of rotatable bonds is 62. The summed E-state index contributed by atoms with van der Waals surface area (Å²) in [5.74, 6) is -2.32. The molecule has 0 rings (SSSR count). The molecule has 0 bridgehead atoms. The molecule has 0 aliphatic rings. The van der Waals surface area contributed by atoms with Gasteiger partial charge in [0.2, 0.25) is 0 Å². The highest BCUT2D eigenvalue weighted by Crippen LogP contribution is 2.18. The first-order valence-electron chi connectivity index (χ1n) is 33.7. The molecule has 0 aromatic heterocycles. The average molecular weight is 1130 g/mol. The molecule has 0 fully saturated rings. The van der Waals surface area contributed by atoms with Crippen LogP contribution in [-0.2, 0) is 33.3 Å². The van der Waals surface area contributed by atoms with E-state index in [0.717, 1.165) is 83.5 Å². The lowest BCUT2D eigenvalue weighted by atomic mass is 10.0. The number of carbonyl (C=O) groups excluding carboxylic acids is 3. The lowest BCUT2D eigenvalue weighted by Crippen LogP contribution is -2.44. The van der Waals surface area contributed by atoms with Crippen LogP contribution >= 0.6 is 0 Å². The summed E-state index contributed by atoms with van der Waals surface area (Å²) >= 11 is 0. The van der Waals surface area contributed by atoms with E-state index >= 15 is 0 Å². The molecular weight excluding hydrogens is 1010 g/mol. The lowest BCUT2D eigenvalue weighted by molar-refractivity contribution is -0.870. The molecule has 0 heterocycles. The summed E-state index contributed by atoms with van der Waals surface area (Å²) in [6, 6.07) is 0. The first-order valence-corrected chi connectivity index (χ1v) is 33.7. The molecule has 81 heavy (non-hydrogen) atoms. The topological polar surface area (TPSA) is 111 Å². The predicted molar refractivity (Wildman–Crippen MR) is 343 cm³/mol. The zero-order chi connectivity index (χ0) is 59.1. The molecule has 9 nitrogen and oxygen atoms in total. The number of carboxylic acid groups (broad SMARTS) is 1. The molecule has 2 atom stereocenters. The number of unbranched alkanes of at least 4 members (excludes halogenated alkanes) is 33. The molecule has 468 valence electrons. The van der Waals surface area contributed by atoms with E-state index in [9.17, 15) is 19.5 Å². The van der Waals surface area contributed by atoms with Crippen LogP contribution in [0.15, 0.2) is 85.1 Å². The Balaban J connectivity index is 4.17. The smallest absolute Gasteiger partial charge is 0.306 e. The van der Waals surface area contributed by atoms with E-state index in [1.165, 1.54) is 180 Å². The summed E-state index contributed by atoms with van der Waals surface area (Å²) in [6.07, 6.45) is 81.0. The molecule has 0 saturated carbocycles. The number of allylic oxidation sites excluding steroid dienone is 14. The average Bonchev–Trinajstić information content (AvgIpc) is 3.44. The Labute approximate surface area is 500 Å². The van der Waals surface area contributed by atoms with E-state index in [1.807, 2.05) is 21.1 Å². The van der Waals surface area contributed by atoms with Gasteiger partial charge in [0.25, 0.3) is 0 Å². The minimum absolute atomic E-state index is 0.138. The zero-order valence-electron chi connectivity index (χ0n) is 53.4. The number of quaternary nitrogens is 1. The summed E-state index contributed by atoms with van der Waals surface area (Å²) < 4.78 is 22.7.